The number of aromatic nitrogens is 1. The number of nitrogens with zero attached hydrogens (tertiary/aromatic N) is 1. The van der Waals surface area contributed by atoms with Gasteiger partial charge in [0.25, 0.3) is 0 Å². The van der Waals surface area contributed by atoms with Crippen molar-refractivity contribution in [1.82, 2.24) is 4.57 Å². The Morgan fingerprint density at radius 1 is 1.00 bits per heavy atom. The molecule has 0 aliphatic rings. The molecule has 2 nitrogen and oxygen atoms in total. The van der Waals surface area contributed by atoms with Crippen molar-refractivity contribution in [3.8, 4) is 0 Å². The molecule has 3 aromatic rings. The highest BCUT2D eigenvalue weighted by Crippen LogP contribution is 2.35. The molecule has 5 heteroatoms. The monoisotopic (exact) mass is 277 g/mol. The first-order valence-electron chi connectivity index (χ1n) is 6.01. The molecule has 0 aliphatic carbocycles. The fourth-order valence-corrected chi connectivity index (χ4v) is 2.49. The zero-order valence-corrected chi connectivity index (χ0v) is 10.5. The van der Waals surface area contributed by atoms with Crippen LogP contribution in [0, 0.1) is 0 Å². The first kappa shape index (κ1) is 12.7. The van der Waals surface area contributed by atoms with Gasteiger partial charge in [-0.05, 0) is 18.2 Å². The van der Waals surface area contributed by atoms with Crippen molar-refractivity contribution in [1.29, 1.82) is 0 Å². The Morgan fingerprint density at radius 2 is 1.65 bits per heavy atom. The summed E-state index contributed by atoms with van der Waals surface area (Å²) in [6.45, 7) is 1.34. The lowest BCUT2D eigenvalue weighted by atomic mass is 10.1. The fraction of sp³-hybridized carbons (Fsp3) is 0.133. The molecule has 102 valence electrons. The molecule has 0 saturated heterocycles. The van der Waals surface area contributed by atoms with Crippen LogP contribution in [-0.4, -0.2) is 10.5 Å². The minimum absolute atomic E-state index is 0.286. The van der Waals surface area contributed by atoms with E-state index in [1.807, 2.05) is 0 Å². The average molecular weight is 277 g/mol. The molecule has 0 N–H and O–H groups in total. The van der Waals surface area contributed by atoms with Crippen LogP contribution in [0.15, 0.2) is 42.5 Å². The number of carbonyl (C=O) groups is 1. The predicted octanol–water partition coefficient (Wildman–Crippen LogP) is 4.47. The zero-order valence-electron chi connectivity index (χ0n) is 10.5. The molecule has 0 saturated carbocycles. The minimum Gasteiger partial charge on any atom is -0.280 e. The topological polar surface area (TPSA) is 22.0 Å². The van der Waals surface area contributed by atoms with Gasteiger partial charge in [0, 0.05) is 17.7 Å². The molecule has 1 aromatic heterocycles. The average Bonchev–Trinajstić information content (AvgIpc) is 2.71. The Balaban J connectivity index is 2.48. The maximum atomic E-state index is 12.8. The number of hydrogen-bond acceptors (Lipinski definition) is 1. The van der Waals surface area contributed by atoms with Crippen LogP contribution in [0.3, 0.4) is 0 Å². The molecule has 20 heavy (non-hydrogen) atoms. The summed E-state index contributed by atoms with van der Waals surface area (Å²) < 4.78 is 39.7. The Hall–Kier alpha value is -2.30. The molecule has 0 bridgehead atoms. The summed E-state index contributed by atoms with van der Waals surface area (Å²) in [5.41, 5.74) is 0.151. The summed E-state index contributed by atoms with van der Waals surface area (Å²) >= 11 is 0. The zero-order chi connectivity index (χ0) is 14.5. The van der Waals surface area contributed by atoms with Gasteiger partial charge in [0.1, 0.15) is 0 Å². The highest BCUT2D eigenvalue weighted by Gasteiger charge is 2.31. The van der Waals surface area contributed by atoms with Gasteiger partial charge in [0.05, 0.1) is 16.6 Å². The number of rotatable bonds is 0. The Labute approximate surface area is 112 Å². The largest absolute Gasteiger partial charge is 0.416 e. The van der Waals surface area contributed by atoms with Gasteiger partial charge >= 0.3 is 6.18 Å². The van der Waals surface area contributed by atoms with Crippen molar-refractivity contribution in [3.05, 3.63) is 48.0 Å². The van der Waals surface area contributed by atoms with E-state index in [1.165, 1.54) is 17.6 Å². The van der Waals surface area contributed by atoms with Crippen LogP contribution in [0.25, 0.3) is 21.8 Å². The van der Waals surface area contributed by atoms with Gasteiger partial charge < -0.3 is 0 Å². The molecule has 0 unspecified atom stereocenters. The van der Waals surface area contributed by atoms with Crippen LogP contribution in [0.4, 0.5) is 13.2 Å². The van der Waals surface area contributed by atoms with Crippen LogP contribution < -0.4 is 0 Å². The van der Waals surface area contributed by atoms with Crippen LogP contribution >= 0.6 is 0 Å². The Bertz CT molecular complexity index is 830. The quantitative estimate of drug-likeness (QED) is 0.594. The third-order valence-electron chi connectivity index (χ3n) is 3.32. The molecule has 2 aromatic carbocycles. The maximum Gasteiger partial charge on any atom is 0.416 e. The molecule has 0 amide bonds. The highest BCUT2D eigenvalue weighted by molar-refractivity contribution is 6.13. The van der Waals surface area contributed by atoms with Crippen molar-refractivity contribution < 1.29 is 18.0 Å². The maximum absolute atomic E-state index is 12.8. The van der Waals surface area contributed by atoms with Crippen molar-refractivity contribution in [2.24, 2.45) is 0 Å². The molecule has 0 fully saturated rings. The van der Waals surface area contributed by atoms with E-state index in [0.29, 0.717) is 10.9 Å². The van der Waals surface area contributed by atoms with Crippen molar-refractivity contribution >= 4 is 27.7 Å². The van der Waals surface area contributed by atoms with Gasteiger partial charge in [-0.2, -0.15) is 13.2 Å². The predicted molar refractivity (Wildman–Crippen MR) is 70.7 cm³/mol. The number of hydrogen-bond donors (Lipinski definition) is 0. The van der Waals surface area contributed by atoms with E-state index in [2.05, 4.69) is 0 Å². The van der Waals surface area contributed by atoms with E-state index in [0.717, 1.165) is 17.5 Å². The highest BCUT2D eigenvalue weighted by atomic mass is 19.4. The summed E-state index contributed by atoms with van der Waals surface area (Å²) in [4.78, 5) is 11.8. The normalized spacial score (nSPS) is 12.2. The van der Waals surface area contributed by atoms with Gasteiger partial charge in [0.15, 0.2) is 0 Å². The first-order chi connectivity index (χ1) is 9.39. The molecule has 0 spiro atoms. The molecule has 0 radical (unpaired) electrons. The summed E-state index contributed by atoms with van der Waals surface area (Å²) in [5.74, 6) is -0.310. The van der Waals surface area contributed by atoms with Crippen molar-refractivity contribution in [2.45, 2.75) is 13.1 Å². The van der Waals surface area contributed by atoms with Gasteiger partial charge in [-0.3, -0.25) is 9.36 Å². The number of alkyl halides is 3. The summed E-state index contributed by atoms with van der Waals surface area (Å²) in [7, 11) is 0. The second-order valence-electron chi connectivity index (χ2n) is 4.60. The van der Waals surface area contributed by atoms with Crippen LogP contribution in [0.5, 0.6) is 0 Å². The number of benzene rings is 2. The fourth-order valence-electron chi connectivity index (χ4n) is 2.49. The molecule has 0 aliphatic heterocycles. The van der Waals surface area contributed by atoms with Crippen LogP contribution in [-0.2, 0) is 6.18 Å². The summed E-state index contributed by atoms with van der Waals surface area (Å²) in [6, 6.07) is 10.6. The standard InChI is InChI=1S/C15H10F3NO/c1-9(20)19-13-5-3-2-4-11(13)12-7-6-10(8-14(12)19)15(16,17)18/h2-8H,1H3. The number of carbonyl (C=O) groups excluding carboxylic acids is 1. The lowest BCUT2D eigenvalue weighted by Crippen LogP contribution is -2.07. The van der Waals surface area contributed by atoms with Gasteiger partial charge in [-0.25, -0.2) is 0 Å². The molecule has 0 atom stereocenters. The number of halogens is 3. The second-order valence-corrected chi connectivity index (χ2v) is 4.60. The SMILES string of the molecule is CC(=O)n1c2ccccc2c2ccc(C(F)(F)F)cc21. The van der Waals surface area contributed by atoms with Gasteiger partial charge in [-0.15, -0.1) is 0 Å². The lowest BCUT2D eigenvalue weighted by molar-refractivity contribution is -0.137. The summed E-state index contributed by atoms with van der Waals surface area (Å²) in [6.07, 6.45) is -4.42. The molecule has 3 rings (SSSR count). The molecular formula is C15H10F3NO. The van der Waals surface area contributed by atoms with E-state index >= 15 is 0 Å². The second kappa shape index (κ2) is 4.10. The third kappa shape index (κ3) is 1.78. The minimum atomic E-state index is -4.42. The van der Waals surface area contributed by atoms with Gasteiger partial charge in [0.2, 0.25) is 5.91 Å². The van der Waals surface area contributed by atoms with E-state index in [1.54, 1.807) is 24.3 Å². The van der Waals surface area contributed by atoms with Crippen LogP contribution in [0.1, 0.15) is 17.3 Å². The van der Waals surface area contributed by atoms with E-state index < -0.39 is 11.7 Å². The Kier molecular flexibility index (Phi) is 2.61. The molecular weight excluding hydrogens is 267 g/mol. The van der Waals surface area contributed by atoms with E-state index in [4.69, 9.17) is 0 Å². The number of fused-ring (bicyclic) bond motifs is 3. The smallest absolute Gasteiger partial charge is 0.280 e. The number of para-hydroxylation sites is 1. The molecule has 1 heterocycles. The van der Waals surface area contributed by atoms with Crippen molar-refractivity contribution in [3.63, 3.8) is 0 Å². The van der Waals surface area contributed by atoms with E-state index in [9.17, 15) is 18.0 Å². The van der Waals surface area contributed by atoms with Crippen LogP contribution in [0.2, 0.25) is 0 Å². The first-order valence-corrected chi connectivity index (χ1v) is 6.01. The van der Waals surface area contributed by atoms with E-state index in [-0.39, 0.29) is 11.4 Å². The lowest BCUT2D eigenvalue weighted by Gasteiger charge is -2.07. The Morgan fingerprint density at radius 3 is 2.30 bits per heavy atom. The van der Waals surface area contributed by atoms with Gasteiger partial charge in [-0.1, -0.05) is 24.3 Å². The van der Waals surface area contributed by atoms with Crippen molar-refractivity contribution in [2.75, 3.05) is 0 Å². The third-order valence-corrected chi connectivity index (χ3v) is 3.32. The summed E-state index contributed by atoms with van der Waals surface area (Å²) in [5, 5.41) is 1.41.